The van der Waals surface area contributed by atoms with E-state index in [9.17, 15) is 13.6 Å². The number of halogens is 2. The summed E-state index contributed by atoms with van der Waals surface area (Å²) in [6.45, 7) is 0. The molecule has 1 heterocycles. The molecule has 0 amide bonds. The monoisotopic (exact) mass is 174 g/mol. The van der Waals surface area contributed by atoms with E-state index < -0.39 is 17.6 Å². The van der Waals surface area contributed by atoms with Crippen LogP contribution in [0.15, 0.2) is 18.4 Å². The molecule has 0 saturated carbocycles. The molecular weight excluding hydrogens is 170 g/mol. The van der Waals surface area contributed by atoms with E-state index in [4.69, 9.17) is 5.11 Å². The zero-order chi connectivity index (χ0) is 9.14. The van der Waals surface area contributed by atoms with Crippen molar-refractivity contribution in [2.24, 2.45) is 0 Å². The zero-order valence-corrected chi connectivity index (χ0v) is 5.71. The molecule has 12 heavy (non-hydrogen) atoms. The van der Waals surface area contributed by atoms with Gasteiger partial charge in [-0.05, 0) is 0 Å². The fraction of sp³-hybridized carbons (Fsp3) is 0. The van der Waals surface area contributed by atoms with E-state index in [1.54, 1.807) is 0 Å². The number of hydrogen-bond donors (Lipinski definition) is 2. The molecule has 4 nitrogen and oxygen atoms in total. The third kappa shape index (κ3) is 1.47. The highest BCUT2D eigenvalue weighted by molar-refractivity contribution is 5.91. The molecule has 0 aliphatic rings. The van der Waals surface area contributed by atoms with Crippen molar-refractivity contribution in [3.8, 4) is 0 Å². The van der Waals surface area contributed by atoms with Crippen molar-refractivity contribution in [1.29, 1.82) is 0 Å². The first-order chi connectivity index (χ1) is 5.63. The molecule has 0 saturated heterocycles. The molecule has 0 spiro atoms. The van der Waals surface area contributed by atoms with Crippen molar-refractivity contribution in [2.75, 3.05) is 0 Å². The van der Waals surface area contributed by atoms with Crippen molar-refractivity contribution >= 4 is 11.8 Å². The average molecular weight is 174 g/mol. The Hall–Kier alpha value is -1.72. The number of imidazole rings is 1. The normalized spacial score (nSPS) is 12.5. The molecule has 0 aliphatic carbocycles. The van der Waals surface area contributed by atoms with E-state index in [-0.39, 0.29) is 5.69 Å². The highest BCUT2D eigenvalue weighted by Gasteiger charge is 2.16. The topological polar surface area (TPSA) is 66.0 Å². The van der Waals surface area contributed by atoms with Gasteiger partial charge in [-0.15, -0.1) is 0 Å². The van der Waals surface area contributed by atoms with Crippen LogP contribution in [0.25, 0.3) is 5.83 Å². The maximum absolute atomic E-state index is 12.7. The zero-order valence-electron chi connectivity index (χ0n) is 5.71. The molecule has 64 valence electrons. The molecule has 0 aromatic carbocycles. The minimum atomic E-state index is -1.94. The number of aromatic amines is 1. The van der Waals surface area contributed by atoms with E-state index in [0.717, 1.165) is 12.5 Å². The molecule has 1 aromatic rings. The van der Waals surface area contributed by atoms with E-state index >= 15 is 0 Å². The number of nitrogens with zero attached hydrogens (tertiary/aromatic N) is 1. The van der Waals surface area contributed by atoms with Gasteiger partial charge in [0.2, 0.25) is 5.83 Å². The Morgan fingerprint density at radius 2 is 2.25 bits per heavy atom. The van der Waals surface area contributed by atoms with Gasteiger partial charge >= 0.3 is 5.97 Å². The van der Waals surface area contributed by atoms with Crippen LogP contribution in [-0.2, 0) is 4.79 Å². The number of hydrogen-bond acceptors (Lipinski definition) is 2. The van der Waals surface area contributed by atoms with Gasteiger partial charge in [-0.1, -0.05) is 0 Å². The number of aliphatic carboxylic acids is 1. The summed E-state index contributed by atoms with van der Waals surface area (Å²) >= 11 is 0. The lowest BCUT2D eigenvalue weighted by Gasteiger charge is -1.91. The number of carboxylic acid groups (broad SMARTS) is 1. The summed E-state index contributed by atoms with van der Waals surface area (Å²) < 4.78 is 25.0. The lowest BCUT2D eigenvalue weighted by molar-refractivity contribution is -0.134. The van der Waals surface area contributed by atoms with Gasteiger partial charge in [-0.3, -0.25) is 0 Å². The Labute approximate surface area is 65.6 Å². The highest BCUT2D eigenvalue weighted by Crippen LogP contribution is 2.18. The number of carbonyl (C=O) groups is 1. The lowest BCUT2D eigenvalue weighted by atomic mass is 10.3. The Balaban J connectivity index is 3.05. The largest absolute Gasteiger partial charge is 0.476 e. The second kappa shape index (κ2) is 3.12. The standard InChI is InChI=1S/C6H4F2N2O2/c7-4(5(8)6(11)12)3-1-9-2-10-3/h1-2H,(H,9,10)(H,11,12)/b5-4+. The van der Waals surface area contributed by atoms with Crippen LogP contribution < -0.4 is 0 Å². The van der Waals surface area contributed by atoms with E-state index in [2.05, 4.69) is 9.97 Å². The van der Waals surface area contributed by atoms with E-state index in [1.807, 2.05) is 0 Å². The first-order valence-electron chi connectivity index (χ1n) is 2.90. The fourth-order valence-electron chi connectivity index (χ4n) is 0.588. The summed E-state index contributed by atoms with van der Waals surface area (Å²) in [4.78, 5) is 15.5. The Bertz CT molecular complexity index is 318. The Morgan fingerprint density at radius 1 is 1.58 bits per heavy atom. The van der Waals surface area contributed by atoms with E-state index in [0.29, 0.717) is 0 Å². The first-order valence-corrected chi connectivity index (χ1v) is 2.90. The number of aromatic nitrogens is 2. The van der Waals surface area contributed by atoms with Gasteiger partial charge in [-0.25, -0.2) is 14.2 Å². The van der Waals surface area contributed by atoms with Crippen molar-refractivity contribution in [3.63, 3.8) is 0 Å². The summed E-state index contributed by atoms with van der Waals surface area (Å²) in [6.07, 6.45) is 2.10. The average Bonchev–Trinajstić information content (AvgIpc) is 2.53. The molecule has 1 rings (SSSR count). The van der Waals surface area contributed by atoms with Gasteiger partial charge in [0.15, 0.2) is 5.83 Å². The van der Waals surface area contributed by atoms with Gasteiger partial charge in [0.05, 0.1) is 18.2 Å². The summed E-state index contributed by atoms with van der Waals surface area (Å²) in [5.41, 5.74) is -0.296. The molecule has 0 bridgehead atoms. The molecule has 0 aliphatic heterocycles. The Kier molecular flexibility index (Phi) is 2.18. The predicted molar refractivity (Wildman–Crippen MR) is 35.4 cm³/mol. The molecule has 1 aromatic heterocycles. The van der Waals surface area contributed by atoms with Crippen molar-refractivity contribution in [3.05, 3.63) is 24.0 Å². The second-order valence-electron chi connectivity index (χ2n) is 1.90. The van der Waals surface area contributed by atoms with Gasteiger partial charge in [0.1, 0.15) is 0 Å². The van der Waals surface area contributed by atoms with Crippen molar-refractivity contribution in [1.82, 2.24) is 9.97 Å². The van der Waals surface area contributed by atoms with Crippen LogP contribution in [0.5, 0.6) is 0 Å². The minimum absolute atomic E-state index is 0.296. The molecule has 6 heteroatoms. The highest BCUT2D eigenvalue weighted by atomic mass is 19.2. The van der Waals surface area contributed by atoms with Crippen LogP contribution >= 0.6 is 0 Å². The van der Waals surface area contributed by atoms with Crippen LogP contribution in [0.1, 0.15) is 5.69 Å². The number of H-pyrrole nitrogens is 1. The second-order valence-corrected chi connectivity index (χ2v) is 1.90. The SMILES string of the molecule is O=C(O)/C(F)=C(\F)c1cnc[nH]1. The molecular formula is C6H4F2N2O2. The van der Waals surface area contributed by atoms with Gasteiger partial charge in [0.25, 0.3) is 0 Å². The number of nitrogens with one attached hydrogen (secondary N) is 1. The van der Waals surface area contributed by atoms with Crippen LogP contribution in [0.4, 0.5) is 8.78 Å². The molecule has 0 fully saturated rings. The summed E-state index contributed by atoms with van der Waals surface area (Å²) in [7, 11) is 0. The van der Waals surface area contributed by atoms with Crippen LogP contribution in [-0.4, -0.2) is 21.0 Å². The Morgan fingerprint density at radius 3 is 2.67 bits per heavy atom. The summed E-state index contributed by atoms with van der Waals surface area (Å²) in [5.74, 6) is -5.23. The van der Waals surface area contributed by atoms with Gasteiger partial charge in [0, 0.05) is 0 Å². The van der Waals surface area contributed by atoms with Crippen LogP contribution in [0.2, 0.25) is 0 Å². The van der Waals surface area contributed by atoms with Crippen molar-refractivity contribution in [2.45, 2.75) is 0 Å². The molecule has 0 atom stereocenters. The quantitative estimate of drug-likeness (QED) is 0.660. The van der Waals surface area contributed by atoms with Crippen LogP contribution in [0, 0.1) is 0 Å². The number of rotatable bonds is 2. The third-order valence-corrected chi connectivity index (χ3v) is 1.12. The molecule has 2 N–H and O–H groups in total. The van der Waals surface area contributed by atoms with Gasteiger partial charge in [-0.2, -0.15) is 4.39 Å². The molecule has 0 radical (unpaired) electrons. The smallest absolute Gasteiger partial charge is 0.367 e. The maximum atomic E-state index is 12.7. The lowest BCUT2D eigenvalue weighted by Crippen LogP contribution is -1.97. The number of carboxylic acids is 1. The third-order valence-electron chi connectivity index (χ3n) is 1.12. The summed E-state index contributed by atoms with van der Waals surface area (Å²) in [5, 5.41) is 8.04. The van der Waals surface area contributed by atoms with E-state index in [1.165, 1.54) is 0 Å². The molecule has 0 unspecified atom stereocenters. The van der Waals surface area contributed by atoms with Gasteiger partial charge < -0.3 is 10.1 Å². The predicted octanol–water partition coefficient (Wildman–Crippen LogP) is 1.10. The van der Waals surface area contributed by atoms with Crippen LogP contribution in [0.3, 0.4) is 0 Å². The first kappa shape index (κ1) is 8.38. The van der Waals surface area contributed by atoms with Crippen molar-refractivity contribution < 1.29 is 18.7 Å². The fourth-order valence-corrected chi connectivity index (χ4v) is 0.588. The minimum Gasteiger partial charge on any atom is -0.476 e. The maximum Gasteiger partial charge on any atom is 0.367 e. The summed E-state index contributed by atoms with van der Waals surface area (Å²) in [6, 6.07) is 0.